The van der Waals surface area contributed by atoms with Crippen LogP contribution in [0.3, 0.4) is 0 Å². The highest BCUT2D eigenvalue weighted by Gasteiger charge is 2.21. The van der Waals surface area contributed by atoms with Gasteiger partial charge >= 0.3 is 0 Å². The largest absolute Gasteiger partial charge is 0.355 e. The minimum absolute atomic E-state index is 0.0791. The van der Waals surface area contributed by atoms with E-state index in [0.29, 0.717) is 11.8 Å². The van der Waals surface area contributed by atoms with Crippen LogP contribution in [0, 0.1) is 6.92 Å². The zero-order valence-corrected chi connectivity index (χ0v) is 32.2. The summed E-state index contributed by atoms with van der Waals surface area (Å²) >= 11 is 0. The van der Waals surface area contributed by atoms with Gasteiger partial charge < -0.3 is 9.88 Å². The molecule has 0 saturated heterocycles. The van der Waals surface area contributed by atoms with Crippen LogP contribution in [-0.4, -0.2) is 4.98 Å². The molecule has 0 fully saturated rings. The number of rotatable bonds is 10. The lowest BCUT2D eigenvalue weighted by Gasteiger charge is -2.27. The van der Waals surface area contributed by atoms with E-state index in [-0.39, 0.29) is 5.92 Å². The zero-order chi connectivity index (χ0) is 38.0. The van der Waals surface area contributed by atoms with Gasteiger partial charge in [0.05, 0.1) is 0 Å². The van der Waals surface area contributed by atoms with Gasteiger partial charge in [0.25, 0.3) is 0 Å². The van der Waals surface area contributed by atoms with Gasteiger partial charge in [-0.25, -0.2) is 0 Å². The Kier molecular flexibility index (Phi) is 9.55. The first-order valence-electron chi connectivity index (χ1n) is 19.8. The van der Waals surface area contributed by atoms with Crippen molar-refractivity contribution in [3.05, 3.63) is 245 Å². The van der Waals surface area contributed by atoms with Crippen LogP contribution < -0.4 is 4.90 Å². The molecule has 0 aliphatic rings. The number of hydrogen-bond acceptors (Lipinski definition) is 1. The topological polar surface area (TPSA) is 19.0 Å². The van der Waals surface area contributed by atoms with E-state index in [4.69, 9.17) is 0 Å². The summed E-state index contributed by atoms with van der Waals surface area (Å²) < 4.78 is 0. The van der Waals surface area contributed by atoms with Crippen molar-refractivity contribution in [1.29, 1.82) is 0 Å². The van der Waals surface area contributed by atoms with E-state index in [1.54, 1.807) is 0 Å². The van der Waals surface area contributed by atoms with Crippen molar-refractivity contribution in [3.63, 3.8) is 0 Å². The number of fused-ring (bicyclic) bond motifs is 3. The van der Waals surface area contributed by atoms with E-state index in [1.807, 2.05) is 0 Å². The summed E-state index contributed by atoms with van der Waals surface area (Å²) in [5.41, 5.74) is 16.1. The Balaban J connectivity index is 1.10. The second-order valence-electron chi connectivity index (χ2n) is 15.2. The molecular weight excluding hydrogens is 677 g/mol. The molecule has 0 aliphatic heterocycles. The maximum Gasteiger partial charge on any atom is 0.0465 e. The molecule has 0 bridgehead atoms. The van der Waals surface area contributed by atoms with E-state index in [2.05, 4.69) is 231 Å². The first-order chi connectivity index (χ1) is 27.5. The van der Waals surface area contributed by atoms with E-state index in [1.165, 1.54) is 66.3 Å². The molecule has 1 aromatic heterocycles. The lowest BCUT2D eigenvalue weighted by atomic mass is 9.84. The third-order valence-electron chi connectivity index (χ3n) is 11.6. The van der Waals surface area contributed by atoms with Crippen molar-refractivity contribution < 1.29 is 0 Å². The Bertz CT molecular complexity index is 2610. The van der Waals surface area contributed by atoms with Gasteiger partial charge in [-0.05, 0) is 107 Å². The lowest BCUT2D eigenvalue weighted by Crippen LogP contribution is -2.11. The van der Waals surface area contributed by atoms with Crippen LogP contribution in [0.1, 0.15) is 76.1 Å². The molecule has 1 heterocycles. The first-order valence-corrected chi connectivity index (χ1v) is 19.8. The highest BCUT2D eigenvalue weighted by molar-refractivity contribution is 6.07. The fourth-order valence-electron chi connectivity index (χ4n) is 8.39. The van der Waals surface area contributed by atoms with Crippen LogP contribution in [0.5, 0.6) is 0 Å². The predicted octanol–water partition coefficient (Wildman–Crippen LogP) is 14.6. The molecule has 0 spiro atoms. The quantitative estimate of drug-likeness (QED) is 0.139. The van der Waals surface area contributed by atoms with E-state index in [9.17, 15) is 0 Å². The number of benzene rings is 8. The Labute approximate surface area is 330 Å². The lowest BCUT2D eigenvalue weighted by molar-refractivity contribution is 0.921. The van der Waals surface area contributed by atoms with Crippen molar-refractivity contribution >= 4 is 38.9 Å². The molecule has 0 amide bonds. The van der Waals surface area contributed by atoms with E-state index in [0.717, 1.165) is 17.1 Å². The Morgan fingerprint density at radius 3 is 1.20 bits per heavy atom. The summed E-state index contributed by atoms with van der Waals surface area (Å²) in [7, 11) is 0. The van der Waals surface area contributed by atoms with Crippen molar-refractivity contribution in [2.24, 2.45) is 0 Å². The fourth-order valence-corrected chi connectivity index (χ4v) is 8.39. The average Bonchev–Trinajstić information content (AvgIpc) is 3.62. The summed E-state index contributed by atoms with van der Waals surface area (Å²) in [5, 5.41) is 2.54. The number of nitrogens with one attached hydrogen (secondary N) is 1. The molecule has 2 heteroatoms. The minimum atomic E-state index is 0.0791. The first kappa shape index (κ1) is 35.1. The SMILES string of the molecule is Cc1ccc2[nH]c3ccc(C(c4ccccc4)c4ccc(N(c5ccc(C(C)c6ccccc6)cc5)c5ccc(C(C)c6ccccc6)cc5)cc4)cc3c2c1. The van der Waals surface area contributed by atoms with Gasteiger partial charge in [-0.1, -0.05) is 159 Å². The van der Waals surface area contributed by atoms with Gasteiger partial charge in [-0.3, -0.25) is 0 Å². The number of H-pyrrole nitrogens is 1. The predicted molar refractivity (Wildman–Crippen MR) is 237 cm³/mol. The molecule has 9 aromatic rings. The smallest absolute Gasteiger partial charge is 0.0465 e. The summed E-state index contributed by atoms with van der Waals surface area (Å²) in [6.07, 6.45) is 0. The molecule has 8 aromatic carbocycles. The van der Waals surface area contributed by atoms with Crippen LogP contribution in [-0.2, 0) is 0 Å². The van der Waals surface area contributed by atoms with Crippen molar-refractivity contribution in [3.8, 4) is 0 Å². The molecule has 3 unspecified atom stereocenters. The molecular formula is C54H46N2. The summed E-state index contributed by atoms with van der Waals surface area (Å²) in [4.78, 5) is 6.02. The minimum Gasteiger partial charge on any atom is -0.355 e. The van der Waals surface area contributed by atoms with Gasteiger partial charge in [0.2, 0.25) is 0 Å². The maximum atomic E-state index is 3.63. The number of hydrogen-bond donors (Lipinski definition) is 1. The van der Waals surface area contributed by atoms with Gasteiger partial charge in [-0.2, -0.15) is 0 Å². The fraction of sp³-hybridized carbons (Fsp3) is 0.111. The zero-order valence-electron chi connectivity index (χ0n) is 32.2. The molecule has 3 atom stereocenters. The molecule has 56 heavy (non-hydrogen) atoms. The molecule has 2 nitrogen and oxygen atoms in total. The van der Waals surface area contributed by atoms with Gasteiger partial charge in [-0.15, -0.1) is 0 Å². The number of aryl methyl sites for hydroxylation is 1. The third-order valence-corrected chi connectivity index (χ3v) is 11.6. The Hall–Kier alpha value is -6.64. The van der Waals surface area contributed by atoms with Crippen molar-refractivity contribution in [2.75, 3.05) is 4.90 Å². The Morgan fingerprint density at radius 2 is 0.714 bits per heavy atom. The van der Waals surface area contributed by atoms with Crippen molar-refractivity contribution in [2.45, 2.75) is 38.5 Å². The molecule has 0 radical (unpaired) electrons. The summed E-state index contributed by atoms with van der Waals surface area (Å²) in [6, 6.07) is 73.5. The van der Waals surface area contributed by atoms with Crippen LogP contribution >= 0.6 is 0 Å². The maximum absolute atomic E-state index is 3.63. The summed E-state index contributed by atoms with van der Waals surface area (Å²) in [5.74, 6) is 0.689. The van der Waals surface area contributed by atoms with E-state index < -0.39 is 0 Å². The standard InChI is InChI=1S/C54H46N2/c1-37-19-33-52-50(35-37)51-36-46(26-34-53(51)55-52)54(44-17-11-6-12-18-44)45-24-31-49(32-25-45)56(47-27-20-42(21-28-47)38(2)40-13-7-4-8-14-40)48-29-22-43(23-30-48)39(3)41-15-9-5-10-16-41/h4-36,38-39,54-55H,1-3H3. The van der Waals surface area contributed by atoms with Crippen LogP contribution in [0.25, 0.3) is 21.8 Å². The highest BCUT2D eigenvalue weighted by Crippen LogP contribution is 2.40. The van der Waals surface area contributed by atoms with Crippen LogP contribution in [0.4, 0.5) is 17.1 Å². The van der Waals surface area contributed by atoms with Crippen LogP contribution in [0.2, 0.25) is 0 Å². The monoisotopic (exact) mass is 722 g/mol. The molecule has 272 valence electrons. The van der Waals surface area contributed by atoms with Gasteiger partial charge in [0, 0.05) is 56.6 Å². The number of aromatic nitrogens is 1. The van der Waals surface area contributed by atoms with E-state index >= 15 is 0 Å². The van der Waals surface area contributed by atoms with Gasteiger partial charge in [0.1, 0.15) is 0 Å². The highest BCUT2D eigenvalue weighted by atomic mass is 15.1. The number of nitrogens with zero attached hydrogens (tertiary/aromatic N) is 1. The normalized spacial score (nSPS) is 13.1. The second kappa shape index (κ2) is 15.2. The Morgan fingerprint density at radius 1 is 0.357 bits per heavy atom. The number of aromatic amines is 1. The average molecular weight is 723 g/mol. The molecule has 9 rings (SSSR count). The second-order valence-corrected chi connectivity index (χ2v) is 15.2. The molecule has 0 aliphatic carbocycles. The van der Waals surface area contributed by atoms with Crippen molar-refractivity contribution in [1.82, 2.24) is 4.98 Å². The third kappa shape index (κ3) is 6.91. The van der Waals surface area contributed by atoms with Gasteiger partial charge in [0.15, 0.2) is 0 Å². The summed E-state index contributed by atoms with van der Waals surface area (Å²) in [6.45, 7) is 6.74. The molecule has 0 saturated carbocycles. The molecule has 1 N–H and O–H groups in total. The van der Waals surface area contributed by atoms with Crippen LogP contribution in [0.15, 0.2) is 200 Å². The number of anilines is 3.